The van der Waals surface area contributed by atoms with E-state index in [4.69, 9.17) is 4.74 Å². The van der Waals surface area contributed by atoms with Crippen LogP contribution in [0.1, 0.15) is 12.8 Å². The zero-order valence-corrected chi connectivity index (χ0v) is 8.52. The lowest BCUT2D eigenvalue weighted by atomic mass is 10.2. The molecule has 0 aromatic carbocycles. The van der Waals surface area contributed by atoms with Crippen LogP contribution in [0.5, 0.6) is 0 Å². The van der Waals surface area contributed by atoms with Crippen molar-refractivity contribution in [2.24, 2.45) is 0 Å². The standard InChI is InChI=1S/C11H16N2O/c1-14-9-10-5-4-8-13(10)11-6-2-3-7-12-11/h2-3,6-7,10H,4-5,8-9H2,1H3/t10-/m1/s1. The fourth-order valence-corrected chi connectivity index (χ4v) is 2.03. The molecule has 1 aliphatic rings. The predicted molar refractivity (Wildman–Crippen MR) is 56.5 cm³/mol. The van der Waals surface area contributed by atoms with Gasteiger partial charge in [-0.1, -0.05) is 6.07 Å². The van der Waals surface area contributed by atoms with Crippen LogP contribution in [0.15, 0.2) is 24.4 Å². The molecule has 0 aliphatic carbocycles. The van der Waals surface area contributed by atoms with Crippen molar-refractivity contribution >= 4 is 5.82 Å². The normalized spacial score (nSPS) is 21.5. The molecule has 0 unspecified atom stereocenters. The van der Waals surface area contributed by atoms with E-state index in [9.17, 15) is 0 Å². The van der Waals surface area contributed by atoms with E-state index >= 15 is 0 Å². The maximum atomic E-state index is 5.21. The van der Waals surface area contributed by atoms with Crippen molar-refractivity contribution in [3.05, 3.63) is 24.4 Å². The maximum absolute atomic E-state index is 5.21. The zero-order valence-electron chi connectivity index (χ0n) is 8.52. The topological polar surface area (TPSA) is 25.4 Å². The first-order chi connectivity index (χ1) is 6.92. The molecule has 1 aliphatic heterocycles. The summed E-state index contributed by atoms with van der Waals surface area (Å²) < 4.78 is 5.21. The molecule has 0 saturated carbocycles. The van der Waals surface area contributed by atoms with Crippen LogP contribution < -0.4 is 4.90 Å². The minimum Gasteiger partial charge on any atom is -0.383 e. The Morgan fingerprint density at radius 2 is 2.50 bits per heavy atom. The molecule has 0 bridgehead atoms. The maximum Gasteiger partial charge on any atom is 0.128 e. The van der Waals surface area contributed by atoms with E-state index in [0.717, 1.165) is 19.0 Å². The van der Waals surface area contributed by atoms with Crippen LogP contribution in [0.4, 0.5) is 5.82 Å². The predicted octanol–water partition coefficient (Wildman–Crippen LogP) is 1.70. The number of ether oxygens (including phenoxy) is 1. The Bertz CT molecular complexity index is 276. The zero-order chi connectivity index (χ0) is 9.80. The third-order valence-electron chi connectivity index (χ3n) is 2.68. The molecular weight excluding hydrogens is 176 g/mol. The number of anilines is 1. The molecule has 2 rings (SSSR count). The molecule has 0 spiro atoms. The molecule has 3 heteroatoms. The fraction of sp³-hybridized carbons (Fsp3) is 0.545. The van der Waals surface area contributed by atoms with Gasteiger partial charge in [0.05, 0.1) is 12.6 Å². The number of hydrogen-bond acceptors (Lipinski definition) is 3. The Labute approximate surface area is 84.7 Å². The second kappa shape index (κ2) is 4.42. The molecule has 1 aromatic heterocycles. The first-order valence-electron chi connectivity index (χ1n) is 5.08. The molecule has 76 valence electrons. The van der Waals surface area contributed by atoms with Gasteiger partial charge in [0.2, 0.25) is 0 Å². The first kappa shape index (κ1) is 9.46. The lowest BCUT2D eigenvalue weighted by Crippen LogP contribution is -2.33. The third kappa shape index (κ3) is 1.87. The van der Waals surface area contributed by atoms with Crippen molar-refractivity contribution in [3.8, 4) is 0 Å². The van der Waals surface area contributed by atoms with Crippen LogP contribution in [0, 0.1) is 0 Å². The molecule has 2 heterocycles. The average Bonchev–Trinajstić information content (AvgIpc) is 2.68. The molecule has 1 aromatic rings. The van der Waals surface area contributed by atoms with Crippen molar-refractivity contribution in [1.82, 2.24) is 4.98 Å². The van der Waals surface area contributed by atoms with Gasteiger partial charge in [-0.15, -0.1) is 0 Å². The lowest BCUT2D eigenvalue weighted by molar-refractivity contribution is 0.180. The second-order valence-corrected chi connectivity index (χ2v) is 3.63. The molecule has 1 saturated heterocycles. The van der Waals surface area contributed by atoms with Gasteiger partial charge >= 0.3 is 0 Å². The summed E-state index contributed by atoms with van der Waals surface area (Å²) in [6.45, 7) is 1.90. The smallest absolute Gasteiger partial charge is 0.128 e. The van der Waals surface area contributed by atoms with E-state index < -0.39 is 0 Å². The highest BCUT2D eigenvalue weighted by atomic mass is 16.5. The highest BCUT2D eigenvalue weighted by Crippen LogP contribution is 2.23. The molecule has 1 fully saturated rings. The van der Waals surface area contributed by atoms with Crippen LogP contribution in [0.3, 0.4) is 0 Å². The molecule has 0 radical (unpaired) electrons. The molecule has 3 nitrogen and oxygen atoms in total. The number of nitrogens with zero attached hydrogens (tertiary/aromatic N) is 2. The Balaban J connectivity index is 2.10. The van der Waals surface area contributed by atoms with Gasteiger partial charge in [-0.25, -0.2) is 4.98 Å². The summed E-state index contributed by atoms with van der Waals surface area (Å²) in [5.41, 5.74) is 0. The number of rotatable bonds is 3. The summed E-state index contributed by atoms with van der Waals surface area (Å²) in [7, 11) is 1.76. The van der Waals surface area contributed by atoms with Crippen molar-refractivity contribution in [3.63, 3.8) is 0 Å². The first-order valence-corrected chi connectivity index (χ1v) is 5.08. The van der Waals surface area contributed by atoms with Gasteiger partial charge < -0.3 is 9.64 Å². The lowest BCUT2D eigenvalue weighted by Gasteiger charge is -2.24. The van der Waals surface area contributed by atoms with Crippen LogP contribution in [-0.2, 0) is 4.74 Å². The summed E-state index contributed by atoms with van der Waals surface area (Å²) in [5, 5.41) is 0. The number of pyridine rings is 1. The summed E-state index contributed by atoms with van der Waals surface area (Å²) in [4.78, 5) is 6.70. The Kier molecular flexibility index (Phi) is 2.99. The Hall–Kier alpha value is -1.09. The van der Waals surface area contributed by atoms with Crippen LogP contribution in [0.25, 0.3) is 0 Å². The Morgan fingerprint density at radius 1 is 1.57 bits per heavy atom. The van der Waals surface area contributed by atoms with Crippen molar-refractivity contribution in [1.29, 1.82) is 0 Å². The fourth-order valence-electron chi connectivity index (χ4n) is 2.03. The quantitative estimate of drug-likeness (QED) is 0.728. The average molecular weight is 192 g/mol. The van der Waals surface area contributed by atoms with Gasteiger partial charge in [0, 0.05) is 19.9 Å². The second-order valence-electron chi connectivity index (χ2n) is 3.63. The highest BCUT2D eigenvalue weighted by molar-refractivity contribution is 5.40. The summed E-state index contributed by atoms with van der Waals surface area (Å²) >= 11 is 0. The van der Waals surface area contributed by atoms with Gasteiger partial charge in [-0.05, 0) is 25.0 Å². The van der Waals surface area contributed by atoms with Gasteiger partial charge in [-0.3, -0.25) is 0 Å². The van der Waals surface area contributed by atoms with Crippen molar-refractivity contribution in [2.75, 3.05) is 25.2 Å². The van der Waals surface area contributed by atoms with E-state index in [1.807, 2.05) is 18.3 Å². The van der Waals surface area contributed by atoms with E-state index in [2.05, 4.69) is 16.0 Å². The minimum atomic E-state index is 0.509. The highest BCUT2D eigenvalue weighted by Gasteiger charge is 2.24. The van der Waals surface area contributed by atoms with Gasteiger partial charge in [-0.2, -0.15) is 0 Å². The van der Waals surface area contributed by atoms with Crippen LogP contribution >= 0.6 is 0 Å². The van der Waals surface area contributed by atoms with Gasteiger partial charge in [0.25, 0.3) is 0 Å². The van der Waals surface area contributed by atoms with Crippen molar-refractivity contribution < 1.29 is 4.74 Å². The SMILES string of the molecule is COC[C@H]1CCCN1c1ccccn1. The van der Waals surface area contributed by atoms with E-state index in [0.29, 0.717) is 6.04 Å². The molecule has 1 atom stereocenters. The number of methoxy groups -OCH3 is 1. The molecule has 14 heavy (non-hydrogen) atoms. The van der Waals surface area contributed by atoms with Crippen molar-refractivity contribution in [2.45, 2.75) is 18.9 Å². The van der Waals surface area contributed by atoms with E-state index in [1.54, 1.807) is 7.11 Å². The van der Waals surface area contributed by atoms with Gasteiger partial charge in [0.1, 0.15) is 5.82 Å². The Morgan fingerprint density at radius 3 is 3.21 bits per heavy atom. The van der Waals surface area contributed by atoms with E-state index in [-0.39, 0.29) is 0 Å². The van der Waals surface area contributed by atoms with E-state index in [1.165, 1.54) is 12.8 Å². The summed E-state index contributed by atoms with van der Waals surface area (Å²) in [6, 6.07) is 6.55. The van der Waals surface area contributed by atoms with Crippen LogP contribution in [0.2, 0.25) is 0 Å². The summed E-state index contributed by atoms with van der Waals surface area (Å²) in [5.74, 6) is 1.08. The molecule has 0 N–H and O–H groups in total. The number of aromatic nitrogens is 1. The van der Waals surface area contributed by atoms with Gasteiger partial charge in [0.15, 0.2) is 0 Å². The summed E-state index contributed by atoms with van der Waals surface area (Å²) in [6.07, 6.45) is 4.30. The molecular formula is C11H16N2O. The number of hydrogen-bond donors (Lipinski definition) is 0. The van der Waals surface area contributed by atoms with Crippen LogP contribution in [-0.4, -0.2) is 31.3 Å². The largest absolute Gasteiger partial charge is 0.383 e. The molecule has 0 amide bonds. The third-order valence-corrected chi connectivity index (χ3v) is 2.68. The minimum absolute atomic E-state index is 0.509. The monoisotopic (exact) mass is 192 g/mol.